The molecule has 0 bridgehead atoms. The van der Waals surface area contributed by atoms with Crippen LogP contribution in [0.4, 0.5) is 5.13 Å². The van der Waals surface area contributed by atoms with Crippen LogP contribution in [0, 0.1) is 17.2 Å². The van der Waals surface area contributed by atoms with Gasteiger partial charge in [0.15, 0.2) is 0 Å². The fourth-order valence-corrected chi connectivity index (χ4v) is 5.42. The molecular formula is C20H17ClN4O4S2. The van der Waals surface area contributed by atoms with Crippen molar-refractivity contribution in [2.75, 3.05) is 11.1 Å². The number of rotatable bonds is 7. The highest BCUT2D eigenvalue weighted by molar-refractivity contribution is 7.93. The lowest BCUT2D eigenvalue weighted by molar-refractivity contribution is -0.112. The summed E-state index contributed by atoms with van der Waals surface area (Å²) in [5, 5.41) is 19.6. The van der Waals surface area contributed by atoms with E-state index < -0.39 is 15.7 Å². The predicted molar refractivity (Wildman–Crippen MR) is 118 cm³/mol. The molecule has 31 heavy (non-hydrogen) atoms. The van der Waals surface area contributed by atoms with Crippen LogP contribution in [0.15, 0.2) is 50.7 Å². The third kappa shape index (κ3) is 5.58. The van der Waals surface area contributed by atoms with Crippen LogP contribution in [-0.4, -0.2) is 30.3 Å². The molecule has 0 saturated heterocycles. The molecule has 0 fully saturated rings. The molecule has 1 N–H and O–H groups in total. The van der Waals surface area contributed by atoms with Gasteiger partial charge in [-0.1, -0.05) is 48.9 Å². The smallest absolute Gasteiger partial charge is 0.268 e. The van der Waals surface area contributed by atoms with E-state index in [9.17, 15) is 18.5 Å². The maximum atomic E-state index is 12.4. The standard InChI is InChI=1S/C20H17ClN4O4S2/c1-12(2)11-31(27,28)20-25-24-19(30-20)23-18(26)13(10-22)9-14-7-8-17(29-14)15-5-3-4-6-16(15)21/h3-9,12H,11H2,1-2H3,(H,23,24,26)/b13-9-. The maximum Gasteiger partial charge on any atom is 0.268 e. The number of nitrogens with zero attached hydrogens (tertiary/aromatic N) is 3. The SMILES string of the molecule is CC(C)CS(=O)(=O)c1nnc(NC(=O)/C(C#N)=C\c2ccc(-c3ccccc3Cl)o2)s1. The highest BCUT2D eigenvalue weighted by atomic mass is 35.5. The minimum absolute atomic E-state index is 0.0234. The van der Waals surface area contributed by atoms with Crippen LogP contribution < -0.4 is 5.32 Å². The molecule has 3 aromatic rings. The zero-order chi connectivity index (χ0) is 22.6. The summed E-state index contributed by atoms with van der Waals surface area (Å²) in [4.78, 5) is 12.4. The molecule has 2 heterocycles. The molecule has 8 nitrogen and oxygen atoms in total. The monoisotopic (exact) mass is 476 g/mol. The van der Waals surface area contributed by atoms with Gasteiger partial charge in [-0.25, -0.2) is 8.42 Å². The number of nitrogens with one attached hydrogen (secondary N) is 1. The topological polar surface area (TPSA) is 126 Å². The van der Waals surface area contributed by atoms with Crippen LogP contribution >= 0.6 is 22.9 Å². The quantitative estimate of drug-likeness (QED) is 0.303. The molecule has 0 unspecified atom stereocenters. The number of furan rings is 1. The predicted octanol–water partition coefficient (Wildman–Crippen LogP) is 4.43. The first-order valence-electron chi connectivity index (χ1n) is 9.03. The van der Waals surface area contributed by atoms with Crippen LogP contribution in [0.3, 0.4) is 0 Å². The van der Waals surface area contributed by atoms with E-state index in [1.165, 1.54) is 6.08 Å². The van der Waals surface area contributed by atoms with Gasteiger partial charge in [-0.2, -0.15) is 5.26 Å². The van der Waals surface area contributed by atoms with E-state index in [1.54, 1.807) is 50.2 Å². The Kier molecular flexibility index (Phi) is 6.90. The molecule has 0 spiro atoms. The highest BCUT2D eigenvalue weighted by Gasteiger charge is 2.23. The number of carbonyl (C=O) groups excluding carboxylic acids is 1. The van der Waals surface area contributed by atoms with Crippen molar-refractivity contribution in [3.05, 3.63) is 52.8 Å². The van der Waals surface area contributed by atoms with Gasteiger partial charge in [-0.3, -0.25) is 10.1 Å². The second-order valence-corrected chi connectivity index (χ2v) is 10.4. The van der Waals surface area contributed by atoms with Gasteiger partial charge in [0.1, 0.15) is 23.2 Å². The lowest BCUT2D eigenvalue weighted by Gasteiger charge is -2.02. The maximum absolute atomic E-state index is 12.4. The summed E-state index contributed by atoms with van der Waals surface area (Å²) in [7, 11) is -3.59. The van der Waals surface area contributed by atoms with Gasteiger partial charge in [-0.05, 0) is 30.2 Å². The molecule has 11 heteroatoms. The molecule has 0 saturated carbocycles. The average Bonchev–Trinajstić information content (AvgIpc) is 3.35. The number of halogens is 1. The summed E-state index contributed by atoms with van der Waals surface area (Å²) in [6.07, 6.45) is 1.27. The average molecular weight is 477 g/mol. The van der Waals surface area contributed by atoms with E-state index in [-0.39, 0.29) is 32.5 Å². The number of aromatic nitrogens is 2. The van der Waals surface area contributed by atoms with Crippen molar-refractivity contribution in [3.63, 3.8) is 0 Å². The zero-order valence-electron chi connectivity index (χ0n) is 16.5. The van der Waals surface area contributed by atoms with E-state index in [0.717, 1.165) is 11.3 Å². The van der Waals surface area contributed by atoms with Crippen molar-refractivity contribution < 1.29 is 17.6 Å². The summed E-state index contributed by atoms with van der Waals surface area (Å²) in [5.74, 6) is -0.158. The number of amides is 1. The van der Waals surface area contributed by atoms with Gasteiger partial charge in [0.25, 0.3) is 5.91 Å². The Morgan fingerprint density at radius 1 is 1.29 bits per heavy atom. The molecule has 0 aliphatic heterocycles. The third-order valence-electron chi connectivity index (χ3n) is 3.86. The number of sulfone groups is 1. The van der Waals surface area contributed by atoms with Crippen LogP contribution in [-0.2, 0) is 14.6 Å². The molecule has 3 rings (SSSR count). The summed E-state index contributed by atoms with van der Waals surface area (Å²) in [5.41, 5.74) is 0.428. The van der Waals surface area contributed by atoms with Crippen molar-refractivity contribution in [3.8, 4) is 17.4 Å². The first-order valence-corrected chi connectivity index (χ1v) is 11.9. The van der Waals surface area contributed by atoms with Crippen LogP contribution in [0.5, 0.6) is 0 Å². The summed E-state index contributed by atoms with van der Waals surface area (Å²) >= 11 is 6.89. The van der Waals surface area contributed by atoms with Crippen molar-refractivity contribution >= 4 is 49.9 Å². The Morgan fingerprint density at radius 3 is 2.71 bits per heavy atom. The molecule has 0 aliphatic carbocycles. The van der Waals surface area contributed by atoms with E-state index >= 15 is 0 Å². The Bertz CT molecular complexity index is 1290. The fraction of sp³-hybridized carbons (Fsp3) is 0.200. The van der Waals surface area contributed by atoms with Gasteiger partial charge < -0.3 is 4.42 Å². The van der Waals surface area contributed by atoms with Gasteiger partial charge >= 0.3 is 0 Å². The normalized spacial score (nSPS) is 12.0. The minimum atomic E-state index is -3.59. The summed E-state index contributed by atoms with van der Waals surface area (Å²) in [6, 6.07) is 12.2. The Balaban J connectivity index is 1.77. The van der Waals surface area contributed by atoms with E-state index in [2.05, 4.69) is 15.5 Å². The van der Waals surface area contributed by atoms with Crippen LogP contribution in [0.2, 0.25) is 5.02 Å². The van der Waals surface area contributed by atoms with Crippen molar-refractivity contribution in [1.29, 1.82) is 5.26 Å². The lowest BCUT2D eigenvalue weighted by atomic mass is 10.2. The number of nitriles is 1. The molecule has 1 amide bonds. The van der Waals surface area contributed by atoms with Crippen molar-refractivity contribution in [2.45, 2.75) is 18.2 Å². The number of benzene rings is 1. The Hall–Kier alpha value is -3.00. The lowest BCUT2D eigenvalue weighted by Crippen LogP contribution is -2.13. The summed E-state index contributed by atoms with van der Waals surface area (Å²) in [6.45, 7) is 3.55. The molecule has 0 radical (unpaired) electrons. The fourth-order valence-electron chi connectivity index (χ4n) is 2.59. The van der Waals surface area contributed by atoms with Gasteiger partial charge in [0, 0.05) is 11.6 Å². The van der Waals surface area contributed by atoms with Crippen molar-refractivity contribution in [2.24, 2.45) is 5.92 Å². The zero-order valence-corrected chi connectivity index (χ0v) is 18.9. The first kappa shape index (κ1) is 22.7. The second-order valence-electron chi connectivity index (χ2n) is 6.85. The van der Waals surface area contributed by atoms with E-state index in [4.69, 9.17) is 16.0 Å². The molecular weight excluding hydrogens is 460 g/mol. The Labute approximate surface area is 188 Å². The largest absolute Gasteiger partial charge is 0.457 e. The van der Waals surface area contributed by atoms with Crippen molar-refractivity contribution in [1.82, 2.24) is 10.2 Å². The number of anilines is 1. The van der Waals surface area contributed by atoms with Crippen LogP contribution in [0.1, 0.15) is 19.6 Å². The third-order valence-corrected chi connectivity index (χ3v) is 7.56. The van der Waals surface area contributed by atoms with Gasteiger partial charge in [0.05, 0.1) is 10.8 Å². The summed E-state index contributed by atoms with van der Waals surface area (Å²) < 4.78 is 29.9. The van der Waals surface area contributed by atoms with Crippen LogP contribution in [0.25, 0.3) is 17.4 Å². The number of carbonyl (C=O) groups is 1. The van der Waals surface area contributed by atoms with E-state index in [0.29, 0.717) is 16.3 Å². The first-order chi connectivity index (χ1) is 14.7. The van der Waals surface area contributed by atoms with Gasteiger partial charge in [-0.15, -0.1) is 10.2 Å². The molecule has 0 aliphatic rings. The number of hydrogen-bond acceptors (Lipinski definition) is 8. The minimum Gasteiger partial charge on any atom is -0.457 e. The second kappa shape index (κ2) is 9.43. The molecule has 160 valence electrons. The Morgan fingerprint density at radius 2 is 2.03 bits per heavy atom. The highest BCUT2D eigenvalue weighted by Crippen LogP contribution is 2.30. The molecule has 2 aromatic heterocycles. The number of hydrogen-bond donors (Lipinski definition) is 1. The van der Waals surface area contributed by atoms with Gasteiger partial charge in [0.2, 0.25) is 19.3 Å². The molecule has 1 aromatic carbocycles. The molecule has 0 atom stereocenters. The van der Waals surface area contributed by atoms with E-state index in [1.807, 2.05) is 6.07 Å².